The first kappa shape index (κ1) is 20.2. The van der Waals surface area contributed by atoms with E-state index in [-0.39, 0.29) is 6.61 Å². The minimum atomic E-state index is -1.48. The number of carbonyl (C=O) groups excluding carboxylic acids is 1. The van der Waals surface area contributed by atoms with Crippen molar-refractivity contribution in [3.05, 3.63) is 30.3 Å². The fraction of sp³-hybridized carbons (Fsp3) is 0.632. The third-order valence-electron chi connectivity index (χ3n) is 4.18. The highest BCUT2D eigenvalue weighted by molar-refractivity contribution is 7.99. The zero-order valence-electron chi connectivity index (χ0n) is 15.4. The number of thioether (sulfide) groups is 1. The molecule has 0 spiro atoms. The SMILES string of the molecule is CCOC(=O)C1(C(O)CCSc2ccccc2)OC(C)(C)OC1CC. The molecular weight excluding hydrogens is 340 g/mol. The van der Waals surface area contributed by atoms with Crippen LogP contribution in [0, 0.1) is 0 Å². The molecule has 1 aliphatic heterocycles. The Bertz CT molecular complexity index is 562. The zero-order valence-corrected chi connectivity index (χ0v) is 16.2. The van der Waals surface area contributed by atoms with Gasteiger partial charge in [-0.05, 0) is 45.7 Å². The molecule has 0 saturated carbocycles. The monoisotopic (exact) mass is 368 g/mol. The summed E-state index contributed by atoms with van der Waals surface area (Å²) in [5, 5.41) is 10.9. The summed E-state index contributed by atoms with van der Waals surface area (Å²) in [7, 11) is 0. The van der Waals surface area contributed by atoms with Crippen LogP contribution in [0.4, 0.5) is 0 Å². The zero-order chi connectivity index (χ0) is 18.5. The Morgan fingerprint density at radius 1 is 1.32 bits per heavy atom. The van der Waals surface area contributed by atoms with Crippen molar-refractivity contribution in [1.29, 1.82) is 0 Å². The number of ether oxygens (including phenoxy) is 3. The van der Waals surface area contributed by atoms with E-state index >= 15 is 0 Å². The first-order valence-corrected chi connectivity index (χ1v) is 9.75. The number of aliphatic hydroxyl groups excluding tert-OH is 1. The number of aliphatic hydroxyl groups is 1. The molecule has 25 heavy (non-hydrogen) atoms. The van der Waals surface area contributed by atoms with Crippen LogP contribution in [-0.4, -0.2) is 47.0 Å². The third-order valence-corrected chi connectivity index (χ3v) is 5.23. The highest BCUT2D eigenvalue weighted by atomic mass is 32.2. The summed E-state index contributed by atoms with van der Waals surface area (Å²) in [5.41, 5.74) is -1.48. The van der Waals surface area contributed by atoms with Gasteiger partial charge in [-0.25, -0.2) is 4.79 Å². The van der Waals surface area contributed by atoms with E-state index in [1.165, 1.54) is 0 Å². The maximum atomic E-state index is 12.7. The van der Waals surface area contributed by atoms with Crippen LogP contribution in [0.5, 0.6) is 0 Å². The van der Waals surface area contributed by atoms with Gasteiger partial charge in [-0.15, -0.1) is 11.8 Å². The van der Waals surface area contributed by atoms with Gasteiger partial charge in [-0.3, -0.25) is 0 Å². The quantitative estimate of drug-likeness (QED) is 0.560. The van der Waals surface area contributed by atoms with E-state index in [9.17, 15) is 9.90 Å². The molecule has 1 fully saturated rings. The molecule has 0 aliphatic carbocycles. The van der Waals surface area contributed by atoms with Gasteiger partial charge in [-0.2, -0.15) is 0 Å². The molecule has 0 aromatic heterocycles. The van der Waals surface area contributed by atoms with Gasteiger partial charge in [0.1, 0.15) is 6.10 Å². The van der Waals surface area contributed by atoms with Gasteiger partial charge in [0.05, 0.1) is 12.7 Å². The summed E-state index contributed by atoms with van der Waals surface area (Å²) in [6.45, 7) is 7.39. The molecule has 1 saturated heterocycles. The summed E-state index contributed by atoms with van der Waals surface area (Å²) in [6.07, 6.45) is -0.604. The summed E-state index contributed by atoms with van der Waals surface area (Å²) in [6, 6.07) is 9.95. The van der Waals surface area contributed by atoms with E-state index in [0.29, 0.717) is 18.6 Å². The molecule has 1 N–H and O–H groups in total. The first-order chi connectivity index (χ1) is 11.9. The van der Waals surface area contributed by atoms with Gasteiger partial charge in [0, 0.05) is 10.6 Å². The Morgan fingerprint density at radius 3 is 2.60 bits per heavy atom. The van der Waals surface area contributed by atoms with Gasteiger partial charge in [-0.1, -0.05) is 25.1 Å². The van der Waals surface area contributed by atoms with Crippen molar-refractivity contribution in [2.75, 3.05) is 12.4 Å². The molecule has 5 nitrogen and oxygen atoms in total. The number of esters is 1. The molecule has 0 bridgehead atoms. The van der Waals surface area contributed by atoms with Crippen molar-refractivity contribution in [3.8, 4) is 0 Å². The van der Waals surface area contributed by atoms with Crippen molar-refractivity contribution in [2.45, 2.75) is 69.0 Å². The number of benzene rings is 1. The normalized spacial score (nSPS) is 26.4. The lowest BCUT2D eigenvalue weighted by Crippen LogP contribution is -2.58. The average molecular weight is 368 g/mol. The van der Waals surface area contributed by atoms with E-state index in [1.54, 1.807) is 32.5 Å². The number of rotatable bonds is 8. The Hall–Kier alpha value is -1.08. The molecule has 1 aromatic carbocycles. The maximum Gasteiger partial charge on any atom is 0.344 e. The predicted molar refractivity (Wildman–Crippen MR) is 97.5 cm³/mol. The van der Waals surface area contributed by atoms with Crippen LogP contribution < -0.4 is 0 Å². The molecule has 1 aromatic rings. The second-order valence-corrected chi connectivity index (χ2v) is 7.66. The number of hydrogen-bond donors (Lipinski definition) is 1. The molecule has 1 heterocycles. The van der Waals surface area contributed by atoms with Crippen molar-refractivity contribution in [3.63, 3.8) is 0 Å². The van der Waals surface area contributed by atoms with E-state index in [2.05, 4.69) is 0 Å². The topological polar surface area (TPSA) is 65.0 Å². The standard InChI is InChI=1S/C19H28O5S/c1-5-16-19(17(21)22-6-2,24-18(3,4)23-16)15(20)12-13-25-14-10-8-7-9-11-14/h7-11,15-16,20H,5-6,12-13H2,1-4H3. The highest BCUT2D eigenvalue weighted by Crippen LogP contribution is 2.42. The summed E-state index contributed by atoms with van der Waals surface area (Å²) in [5.74, 6) is -0.835. The van der Waals surface area contributed by atoms with E-state index in [4.69, 9.17) is 14.2 Å². The lowest BCUT2D eigenvalue weighted by molar-refractivity contribution is -0.206. The van der Waals surface area contributed by atoms with Crippen LogP contribution in [0.15, 0.2) is 35.2 Å². The minimum Gasteiger partial charge on any atom is -0.464 e. The van der Waals surface area contributed by atoms with Gasteiger partial charge in [0.25, 0.3) is 0 Å². The Kier molecular flexibility index (Phi) is 6.91. The molecule has 6 heteroatoms. The lowest BCUT2D eigenvalue weighted by Gasteiger charge is -2.34. The molecule has 0 radical (unpaired) electrons. The Labute approximate surface area is 154 Å². The average Bonchev–Trinajstić information content (AvgIpc) is 2.88. The fourth-order valence-corrected chi connectivity index (χ4v) is 4.09. The van der Waals surface area contributed by atoms with Gasteiger partial charge in [0.2, 0.25) is 5.60 Å². The van der Waals surface area contributed by atoms with Crippen LogP contribution in [-0.2, 0) is 19.0 Å². The largest absolute Gasteiger partial charge is 0.464 e. The summed E-state index contributed by atoms with van der Waals surface area (Å²) < 4.78 is 17.1. The minimum absolute atomic E-state index is 0.228. The molecule has 3 atom stereocenters. The second-order valence-electron chi connectivity index (χ2n) is 6.50. The van der Waals surface area contributed by atoms with Crippen LogP contribution in [0.25, 0.3) is 0 Å². The Morgan fingerprint density at radius 2 is 2.00 bits per heavy atom. The predicted octanol–water partition coefficient (Wildman–Crippen LogP) is 3.39. The maximum absolute atomic E-state index is 12.7. The van der Waals surface area contributed by atoms with Crippen molar-refractivity contribution in [1.82, 2.24) is 0 Å². The van der Waals surface area contributed by atoms with E-state index in [1.807, 2.05) is 37.3 Å². The molecule has 140 valence electrons. The van der Waals surface area contributed by atoms with Crippen molar-refractivity contribution in [2.24, 2.45) is 0 Å². The van der Waals surface area contributed by atoms with Gasteiger partial charge < -0.3 is 19.3 Å². The van der Waals surface area contributed by atoms with Gasteiger partial charge in [0.15, 0.2) is 5.79 Å². The van der Waals surface area contributed by atoms with Gasteiger partial charge >= 0.3 is 5.97 Å². The van der Waals surface area contributed by atoms with E-state index in [0.717, 1.165) is 4.90 Å². The third kappa shape index (κ3) is 4.56. The molecular formula is C19H28O5S. The smallest absolute Gasteiger partial charge is 0.344 e. The van der Waals surface area contributed by atoms with Crippen LogP contribution >= 0.6 is 11.8 Å². The van der Waals surface area contributed by atoms with Crippen LogP contribution in [0.3, 0.4) is 0 Å². The number of hydrogen-bond acceptors (Lipinski definition) is 6. The fourth-order valence-electron chi connectivity index (χ4n) is 3.17. The Balaban J connectivity index is 2.13. The van der Waals surface area contributed by atoms with E-state index < -0.39 is 29.6 Å². The first-order valence-electron chi connectivity index (χ1n) is 8.76. The highest BCUT2D eigenvalue weighted by Gasteiger charge is 2.62. The van der Waals surface area contributed by atoms with Crippen molar-refractivity contribution >= 4 is 17.7 Å². The summed E-state index contributed by atoms with van der Waals surface area (Å²) >= 11 is 1.63. The summed E-state index contributed by atoms with van der Waals surface area (Å²) in [4.78, 5) is 13.8. The van der Waals surface area contributed by atoms with Crippen LogP contribution in [0.1, 0.15) is 40.5 Å². The molecule has 3 unspecified atom stereocenters. The molecule has 2 rings (SSSR count). The lowest BCUT2D eigenvalue weighted by atomic mass is 9.87. The van der Waals surface area contributed by atoms with Crippen LogP contribution in [0.2, 0.25) is 0 Å². The molecule has 1 aliphatic rings. The van der Waals surface area contributed by atoms with Crippen molar-refractivity contribution < 1.29 is 24.1 Å². The molecule has 0 amide bonds. The number of carbonyl (C=O) groups is 1. The second kappa shape index (κ2) is 8.54.